The number of fused-ring (bicyclic) bond motifs is 1. The zero-order valence-corrected chi connectivity index (χ0v) is 12.2. The van der Waals surface area contributed by atoms with Crippen molar-refractivity contribution in [3.05, 3.63) is 11.6 Å². The van der Waals surface area contributed by atoms with E-state index in [1.54, 1.807) is 5.57 Å². The van der Waals surface area contributed by atoms with Gasteiger partial charge in [-0.15, -0.1) is 0 Å². The monoisotopic (exact) mass is 285 g/mol. The molecule has 0 heterocycles. The Balaban J connectivity index is 1.58. The normalized spacial score (nSPS) is 40.5. The van der Waals surface area contributed by atoms with Gasteiger partial charge < -0.3 is 5.32 Å². The van der Waals surface area contributed by atoms with Crippen molar-refractivity contribution in [2.24, 2.45) is 17.8 Å². The molecule has 108 valence electrons. The van der Waals surface area contributed by atoms with Crippen LogP contribution in [0.1, 0.15) is 39.0 Å². The van der Waals surface area contributed by atoms with Gasteiger partial charge in [0.1, 0.15) is 0 Å². The molecule has 2 fully saturated rings. The van der Waals surface area contributed by atoms with E-state index >= 15 is 0 Å². The highest BCUT2D eigenvalue weighted by Gasteiger charge is 2.48. The SMILES string of the molecule is CC1(NCCCS(=O)(=O)O)C=C2CC3CC(CC23)C1. The van der Waals surface area contributed by atoms with Crippen LogP contribution in [0.3, 0.4) is 0 Å². The zero-order valence-electron chi connectivity index (χ0n) is 11.4. The molecule has 3 aliphatic carbocycles. The molecule has 4 nitrogen and oxygen atoms in total. The predicted molar refractivity (Wildman–Crippen MR) is 74.5 cm³/mol. The fraction of sp³-hybridized carbons (Fsp3) is 0.857. The van der Waals surface area contributed by atoms with E-state index < -0.39 is 10.1 Å². The lowest BCUT2D eigenvalue weighted by atomic mass is 9.69. The lowest BCUT2D eigenvalue weighted by Crippen LogP contribution is -2.44. The van der Waals surface area contributed by atoms with Crippen molar-refractivity contribution in [1.82, 2.24) is 5.32 Å². The first-order valence-corrected chi connectivity index (χ1v) is 8.87. The molecule has 4 unspecified atom stereocenters. The highest BCUT2D eigenvalue weighted by Crippen LogP contribution is 2.57. The van der Waals surface area contributed by atoms with Gasteiger partial charge in [-0.05, 0) is 63.3 Å². The van der Waals surface area contributed by atoms with E-state index in [0.717, 1.165) is 24.2 Å². The summed E-state index contributed by atoms with van der Waals surface area (Å²) in [5.74, 6) is 2.48. The first-order chi connectivity index (χ1) is 8.85. The lowest BCUT2D eigenvalue weighted by molar-refractivity contribution is 0.290. The fourth-order valence-corrected chi connectivity index (χ4v) is 4.87. The molecule has 0 aromatic rings. The molecule has 2 N–H and O–H groups in total. The number of hydrogen-bond donors (Lipinski definition) is 2. The Labute approximate surface area is 115 Å². The van der Waals surface area contributed by atoms with Gasteiger partial charge >= 0.3 is 0 Å². The third kappa shape index (κ3) is 2.88. The van der Waals surface area contributed by atoms with Crippen LogP contribution >= 0.6 is 0 Å². The molecular formula is C14H23NO3S. The summed E-state index contributed by atoms with van der Waals surface area (Å²) in [4.78, 5) is 0. The standard InChI is InChI=1S/C14H23NO3S/c1-14(15-3-2-4-19(16,17)18)8-10-5-11-7-12(9-14)13(11)6-10/h9-11,13,15H,2-8H2,1H3,(H,16,17,18). The molecule has 19 heavy (non-hydrogen) atoms. The Kier molecular flexibility index (Phi) is 3.27. The molecule has 4 atom stereocenters. The molecule has 2 saturated carbocycles. The third-order valence-electron chi connectivity index (χ3n) is 5.09. The van der Waals surface area contributed by atoms with Crippen molar-refractivity contribution in [3.63, 3.8) is 0 Å². The molecule has 3 rings (SSSR count). The van der Waals surface area contributed by atoms with E-state index in [9.17, 15) is 8.42 Å². The average Bonchev–Trinajstić information content (AvgIpc) is 2.51. The highest BCUT2D eigenvalue weighted by atomic mass is 32.2. The van der Waals surface area contributed by atoms with Crippen LogP contribution in [0, 0.1) is 17.8 Å². The maximum Gasteiger partial charge on any atom is 0.264 e. The molecular weight excluding hydrogens is 262 g/mol. The van der Waals surface area contributed by atoms with Crippen molar-refractivity contribution in [3.8, 4) is 0 Å². The van der Waals surface area contributed by atoms with Gasteiger partial charge in [0.2, 0.25) is 0 Å². The molecule has 0 saturated heterocycles. The zero-order chi connectivity index (χ0) is 13.7. The molecule has 0 aromatic carbocycles. The summed E-state index contributed by atoms with van der Waals surface area (Å²) in [6, 6.07) is 0. The molecule has 0 amide bonds. The number of hydrogen-bond acceptors (Lipinski definition) is 3. The molecule has 0 radical (unpaired) electrons. The Bertz CT molecular complexity index is 499. The van der Waals surface area contributed by atoms with Gasteiger partial charge in [-0.25, -0.2) is 0 Å². The van der Waals surface area contributed by atoms with Gasteiger partial charge in [-0.3, -0.25) is 4.55 Å². The maximum atomic E-state index is 10.7. The van der Waals surface area contributed by atoms with E-state index in [2.05, 4.69) is 18.3 Å². The summed E-state index contributed by atoms with van der Waals surface area (Å²) in [7, 11) is -3.82. The van der Waals surface area contributed by atoms with E-state index in [0.29, 0.717) is 13.0 Å². The van der Waals surface area contributed by atoms with E-state index in [1.165, 1.54) is 19.3 Å². The van der Waals surface area contributed by atoms with E-state index in [1.807, 2.05) is 0 Å². The summed E-state index contributed by atoms with van der Waals surface area (Å²) in [6.45, 7) is 2.86. The van der Waals surface area contributed by atoms with Gasteiger partial charge in [0.25, 0.3) is 10.1 Å². The molecule has 2 bridgehead atoms. The summed E-state index contributed by atoms with van der Waals surface area (Å²) < 4.78 is 30.1. The second kappa shape index (κ2) is 4.57. The van der Waals surface area contributed by atoms with Crippen molar-refractivity contribution < 1.29 is 13.0 Å². The average molecular weight is 285 g/mol. The van der Waals surface area contributed by atoms with Crippen LogP contribution in [0.4, 0.5) is 0 Å². The number of nitrogens with one attached hydrogen (secondary N) is 1. The Hall–Kier alpha value is -0.390. The van der Waals surface area contributed by atoms with Crippen LogP contribution in [0.2, 0.25) is 0 Å². The topological polar surface area (TPSA) is 66.4 Å². The fourth-order valence-electron chi connectivity index (χ4n) is 4.37. The Morgan fingerprint density at radius 2 is 2.26 bits per heavy atom. The summed E-state index contributed by atoms with van der Waals surface area (Å²) in [6.07, 6.45) is 8.05. The van der Waals surface area contributed by atoms with Gasteiger partial charge in [0.05, 0.1) is 5.75 Å². The summed E-state index contributed by atoms with van der Waals surface area (Å²) in [5, 5.41) is 3.50. The van der Waals surface area contributed by atoms with Gasteiger partial charge in [-0.2, -0.15) is 8.42 Å². The first-order valence-electron chi connectivity index (χ1n) is 7.26. The number of allylic oxidation sites excluding steroid dienone is 1. The predicted octanol–water partition coefficient (Wildman–Crippen LogP) is 1.99. The largest absolute Gasteiger partial charge is 0.308 e. The van der Waals surface area contributed by atoms with Crippen molar-refractivity contribution in [1.29, 1.82) is 0 Å². The minimum atomic E-state index is -3.82. The van der Waals surface area contributed by atoms with Gasteiger partial charge in [0.15, 0.2) is 0 Å². The lowest BCUT2D eigenvalue weighted by Gasteiger charge is -2.39. The minimum Gasteiger partial charge on any atom is -0.308 e. The first kappa shape index (κ1) is 13.6. The maximum absolute atomic E-state index is 10.7. The van der Waals surface area contributed by atoms with Crippen LogP contribution in [-0.4, -0.2) is 30.8 Å². The van der Waals surface area contributed by atoms with Crippen molar-refractivity contribution >= 4 is 10.1 Å². The highest BCUT2D eigenvalue weighted by molar-refractivity contribution is 7.85. The Morgan fingerprint density at radius 3 is 3.00 bits per heavy atom. The smallest absolute Gasteiger partial charge is 0.264 e. The summed E-state index contributed by atoms with van der Waals surface area (Å²) in [5.41, 5.74) is 1.63. The number of rotatable bonds is 5. The van der Waals surface area contributed by atoms with Crippen molar-refractivity contribution in [2.45, 2.75) is 44.6 Å². The molecule has 5 heteroatoms. The Morgan fingerprint density at radius 1 is 1.47 bits per heavy atom. The van der Waals surface area contributed by atoms with Crippen LogP contribution in [0.5, 0.6) is 0 Å². The van der Waals surface area contributed by atoms with Crippen LogP contribution < -0.4 is 5.32 Å². The quantitative estimate of drug-likeness (QED) is 0.460. The molecule has 3 aliphatic rings. The van der Waals surface area contributed by atoms with Gasteiger partial charge in [-0.1, -0.05) is 11.6 Å². The van der Waals surface area contributed by atoms with Gasteiger partial charge in [0, 0.05) is 5.54 Å². The minimum absolute atomic E-state index is 0.0133. The van der Waals surface area contributed by atoms with Crippen LogP contribution in [0.25, 0.3) is 0 Å². The second-order valence-electron chi connectivity index (χ2n) is 6.82. The van der Waals surface area contributed by atoms with Crippen LogP contribution in [0.15, 0.2) is 11.6 Å². The van der Waals surface area contributed by atoms with E-state index in [4.69, 9.17) is 4.55 Å². The molecule has 0 spiro atoms. The van der Waals surface area contributed by atoms with Crippen molar-refractivity contribution in [2.75, 3.05) is 12.3 Å². The molecule has 0 aromatic heterocycles. The van der Waals surface area contributed by atoms with Crippen LogP contribution in [-0.2, 0) is 10.1 Å². The summed E-state index contributed by atoms with van der Waals surface area (Å²) >= 11 is 0. The third-order valence-corrected chi connectivity index (χ3v) is 5.90. The molecule has 0 aliphatic heterocycles. The van der Waals surface area contributed by atoms with E-state index in [-0.39, 0.29) is 11.3 Å². The second-order valence-corrected chi connectivity index (χ2v) is 8.39.